The maximum atomic E-state index is 13.3. The molecule has 1 heterocycles. The fraction of sp³-hybridized carbons (Fsp3) is 0.600. The number of benzene rings is 1. The summed E-state index contributed by atoms with van der Waals surface area (Å²) >= 11 is 0. The van der Waals surface area contributed by atoms with E-state index in [2.05, 4.69) is 4.90 Å². The van der Waals surface area contributed by atoms with Crippen LogP contribution in [-0.2, 0) is 4.74 Å². The van der Waals surface area contributed by atoms with Gasteiger partial charge < -0.3 is 10.5 Å². The van der Waals surface area contributed by atoms with E-state index < -0.39 is 0 Å². The second-order valence-corrected chi connectivity index (χ2v) is 5.37. The molecule has 0 radical (unpaired) electrons. The number of aryl methyl sites for hydroxylation is 1. The molecule has 1 saturated heterocycles. The molecule has 0 bridgehead atoms. The summed E-state index contributed by atoms with van der Waals surface area (Å²) < 4.78 is 18.6. The summed E-state index contributed by atoms with van der Waals surface area (Å²) in [5, 5.41) is 0. The van der Waals surface area contributed by atoms with E-state index in [-0.39, 0.29) is 11.9 Å². The van der Waals surface area contributed by atoms with E-state index in [0.29, 0.717) is 18.0 Å². The molecule has 1 aromatic rings. The molecule has 0 spiro atoms. The van der Waals surface area contributed by atoms with Crippen molar-refractivity contribution in [1.29, 1.82) is 0 Å². The molecule has 2 N–H and O–H groups in total. The van der Waals surface area contributed by atoms with Crippen molar-refractivity contribution in [3.8, 4) is 0 Å². The Labute approximate surface area is 114 Å². The maximum absolute atomic E-state index is 13.3. The molecule has 106 valence electrons. The van der Waals surface area contributed by atoms with Crippen LogP contribution < -0.4 is 5.73 Å². The minimum absolute atomic E-state index is 0.154. The van der Waals surface area contributed by atoms with Crippen molar-refractivity contribution in [1.82, 2.24) is 4.90 Å². The molecule has 0 amide bonds. The van der Waals surface area contributed by atoms with Gasteiger partial charge in [0.05, 0.1) is 6.61 Å². The number of hydrogen-bond donors (Lipinski definition) is 1. The van der Waals surface area contributed by atoms with Crippen LogP contribution in [0, 0.1) is 18.7 Å². The van der Waals surface area contributed by atoms with E-state index in [0.717, 1.165) is 31.7 Å². The van der Waals surface area contributed by atoms with Gasteiger partial charge >= 0.3 is 0 Å². The van der Waals surface area contributed by atoms with Gasteiger partial charge in [0.15, 0.2) is 0 Å². The predicted octanol–water partition coefficient (Wildman–Crippen LogP) is 2.10. The number of rotatable bonds is 5. The Bertz CT molecular complexity index is 425. The molecule has 1 fully saturated rings. The number of nitrogens with zero attached hydrogens (tertiary/aromatic N) is 1. The minimum Gasteiger partial charge on any atom is -0.384 e. The van der Waals surface area contributed by atoms with Gasteiger partial charge in [-0.15, -0.1) is 0 Å². The second kappa shape index (κ2) is 6.46. The zero-order chi connectivity index (χ0) is 13.8. The third-order valence-corrected chi connectivity index (χ3v) is 3.95. The Kier molecular flexibility index (Phi) is 4.91. The molecule has 3 nitrogen and oxygen atoms in total. The zero-order valence-corrected chi connectivity index (χ0v) is 11.7. The van der Waals surface area contributed by atoms with E-state index in [4.69, 9.17) is 10.5 Å². The number of halogens is 1. The molecule has 2 unspecified atom stereocenters. The molecule has 0 saturated carbocycles. The normalized spacial score (nSPS) is 21.8. The molecule has 1 aliphatic rings. The van der Waals surface area contributed by atoms with E-state index in [1.807, 2.05) is 12.1 Å². The van der Waals surface area contributed by atoms with Gasteiger partial charge in [0.1, 0.15) is 5.82 Å². The van der Waals surface area contributed by atoms with Gasteiger partial charge in [0.2, 0.25) is 0 Å². The molecule has 2 atom stereocenters. The Morgan fingerprint density at radius 1 is 1.53 bits per heavy atom. The lowest BCUT2D eigenvalue weighted by Gasteiger charge is -2.27. The van der Waals surface area contributed by atoms with Crippen LogP contribution in [0.4, 0.5) is 4.39 Å². The summed E-state index contributed by atoms with van der Waals surface area (Å²) in [6.07, 6.45) is 1.14. The van der Waals surface area contributed by atoms with Gasteiger partial charge in [-0.05, 0) is 43.0 Å². The highest BCUT2D eigenvalue weighted by molar-refractivity contribution is 5.27. The summed E-state index contributed by atoms with van der Waals surface area (Å²) in [6.45, 7) is 5.20. The summed E-state index contributed by atoms with van der Waals surface area (Å²) in [5.74, 6) is 0.429. The van der Waals surface area contributed by atoms with Crippen LogP contribution in [0.5, 0.6) is 0 Å². The van der Waals surface area contributed by atoms with Crippen molar-refractivity contribution in [2.45, 2.75) is 19.4 Å². The molecule has 19 heavy (non-hydrogen) atoms. The first-order valence-electron chi connectivity index (χ1n) is 6.84. The summed E-state index contributed by atoms with van der Waals surface area (Å²) in [4.78, 5) is 2.39. The topological polar surface area (TPSA) is 38.5 Å². The van der Waals surface area contributed by atoms with Crippen molar-refractivity contribution in [2.75, 3.05) is 33.4 Å². The van der Waals surface area contributed by atoms with Crippen LogP contribution in [0.1, 0.15) is 23.6 Å². The van der Waals surface area contributed by atoms with Gasteiger partial charge in [0, 0.05) is 26.2 Å². The molecular weight excluding hydrogens is 243 g/mol. The highest BCUT2D eigenvalue weighted by Gasteiger charge is 2.28. The Morgan fingerprint density at radius 2 is 2.32 bits per heavy atom. The summed E-state index contributed by atoms with van der Waals surface area (Å²) in [5.41, 5.74) is 7.72. The fourth-order valence-electron chi connectivity index (χ4n) is 2.89. The lowest BCUT2D eigenvalue weighted by Crippen LogP contribution is -2.32. The summed E-state index contributed by atoms with van der Waals surface area (Å²) in [7, 11) is 1.74. The molecule has 1 aromatic carbocycles. The minimum atomic E-state index is -0.154. The fourth-order valence-corrected chi connectivity index (χ4v) is 2.89. The van der Waals surface area contributed by atoms with Crippen LogP contribution in [0.3, 0.4) is 0 Å². The van der Waals surface area contributed by atoms with Gasteiger partial charge in [-0.25, -0.2) is 4.39 Å². The number of ether oxygens (including phenoxy) is 1. The highest BCUT2D eigenvalue weighted by Crippen LogP contribution is 2.28. The first-order valence-corrected chi connectivity index (χ1v) is 6.84. The van der Waals surface area contributed by atoms with Crippen molar-refractivity contribution in [3.05, 3.63) is 35.1 Å². The first kappa shape index (κ1) is 14.4. The smallest absolute Gasteiger partial charge is 0.126 e. The standard InChI is InChI=1S/C15H23FN2O/c1-11-7-13(3-4-14(11)16)15(8-17)18-6-5-12(9-18)10-19-2/h3-4,7,12,15H,5-6,8-10,17H2,1-2H3. The molecule has 2 rings (SSSR count). The van der Waals surface area contributed by atoms with E-state index in [1.165, 1.54) is 6.07 Å². The molecule has 0 aliphatic carbocycles. The average Bonchev–Trinajstić information content (AvgIpc) is 2.83. The molecular formula is C15H23FN2O. The maximum Gasteiger partial charge on any atom is 0.126 e. The zero-order valence-electron chi connectivity index (χ0n) is 11.7. The number of likely N-dealkylation sites (tertiary alicyclic amines) is 1. The largest absolute Gasteiger partial charge is 0.384 e. The van der Waals surface area contributed by atoms with Crippen LogP contribution in [0.25, 0.3) is 0 Å². The number of hydrogen-bond acceptors (Lipinski definition) is 3. The van der Waals surface area contributed by atoms with Crippen LogP contribution in [0.15, 0.2) is 18.2 Å². The van der Waals surface area contributed by atoms with Crippen molar-refractivity contribution >= 4 is 0 Å². The SMILES string of the molecule is COCC1CCN(C(CN)c2ccc(F)c(C)c2)C1. The van der Waals surface area contributed by atoms with Gasteiger partial charge in [-0.2, -0.15) is 0 Å². The lowest BCUT2D eigenvalue weighted by molar-refractivity contribution is 0.147. The van der Waals surface area contributed by atoms with Crippen LogP contribution in [-0.4, -0.2) is 38.3 Å². The van der Waals surface area contributed by atoms with E-state index in [9.17, 15) is 4.39 Å². The molecule has 0 aromatic heterocycles. The van der Waals surface area contributed by atoms with Crippen molar-refractivity contribution < 1.29 is 9.13 Å². The third kappa shape index (κ3) is 3.32. The lowest BCUT2D eigenvalue weighted by atomic mass is 10.0. The van der Waals surface area contributed by atoms with Crippen molar-refractivity contribution in [3.63, 3.8) is 0 Å². The van der Waals surface area contributed by atoms with Gasteiger partial charge in [-0.3, -0.25) is 4.90 Å². The quantitative estimate of drug-likeness (QED) is 0.887. The Morgan fingerprint density at radius 3 is 2.95 bits per heavy atom. The molecule has 1 aliphatic heterocycles. The number of nitrogens with two attached hydrogens (primary N) is 1. The third-order valence-electron chi connectivity index (χ3n) is 3.95. The Balaban J connectivity index is 2.09. The molecule has 4 heteroatoms. The van der Waals surface area contributed by atoms with Crippen LogP contribution in [0.2, 0.25) is 0 Å². The first-order chi connectivity index (χ1) is 9.15. The predicted molar refractivity (Wildman–Crippen MR) is 74.5 cm³/mol. The number of methoxy groups -OCH3 is 1. The van der Waals surface area contributed by atoms with Gasteiger partial charge in [0.25, 0.3) is 0 Å². The average molecular weight is 266 g/mol. The van der Waals surface area contributed by atoms with E-state index in [1.54, 1.807) is 14.0 Å². The second-order valence-electron chi connectivity index (χ2n) is 5.37. The van der Waals surface area contributed by atoms with E-state index >= 15 is 0 Å². The van der Waals surface area contributed by atoms with Crippen molar-refractivity contribution in [2.24, 2.45) is 11.7 Å². The van der Waals surface area contributed by atoms with Crippen LogP contribution >= 0.6 is 0 Å². The monoisotopic (exact) mass is 266 g/mol. The summed E-state index contributed by atoms with van der Waals surface area (Å²) in [6, 6.07) is 5.48. The highest BCUT2D eigenvalue weighted by atomic mass is 19.1. The Hall–Kier alpha value is -0.970. The van der Waals surface area contributed by atoms with Gasteiger partial charge in [-0.1, -0.05) is 12.1 Å².